The Bertz CT molecular complexity index is 959. The molecule has 1 aromatic carbocycles. The lowest BCUT2D eigenvalue weighted by molar-refractivity contribution is -0.144. The average Bonchev–Trinajstić information content (AvgIpc) is 3.43. The summed E-state index contributed by atoms with van der Waals surface area (Å²) >= 11 is 1.67. The topological polar surface area (TPSA) is 98.7 Å². The Morgan fingerprint density at radius 3 is 2.51 bits per heavy atom. The van der Waals surface area contributed by atoms with Crippen molar-refractivity contribution in [2.45, 2.75) is 81.5 Å². The third-order valence-corrected chi connectivity index (χ3v) is 10.4. The van der Waals surface area contributed by atoms with Gasteiger partial charge in [-0.25, -0.2) is 0 Å². The van der Waals surface area contributed by atoms with Crippen LogP contribution in [0.4, 0.5) is 0 Å². The fourth-order valence-corrected chi connectivity index (χ4v) is 8.82. The molecule has 7 nitrogen and oxygen atoms in total. The van der Waals surface area contributed by atoms with E-state index in [4.69, 9.17) is 0 Å². The molecule has 0 saturated carbocycles. The summed E-state index contributed by atoms with van der Waals surface area (Å²) in [5.74, 6) is -1.46. The second-order valence-corrected chi connectivity index (χ2v) is 12.5. The predicted octanol–water partition coefficient (Wildman–Crippen LogP) is 2.72. The van der Waals surface area contributed by atoms with Gasteiger partial charge in [0.05, 0.1) is 29.2 Å². The molecule has 0 aliphatic carbocycles. The molecule has 1 aromatic rings. The first kappa shape index (κ1) is 26.0. The maximum absolute atomic E-state index is 14.2. The van der Waals surface area contributed by atoms with Gasteiger partial charge in [-0.2, -0.15) is 0 Å². The normalized spacial score (nSPS) is 32.9. The summed E-state index contributed by atoms with van der Waals surface area (Å²) < 4.78 is -1.05. The summed E-state index contributed by atoms with van der Waals surface area (Å²) in [5, 5.41) is 16.5. The Morgan fingerprint density at radius 2 is 1.89 bits per heavy atom. The van der Waals surface area contributed by atoms with Gasteiger partial charge in [0.25, 0.3) is 0 Å². The Balaban J connectivity index is 1.72. The Morgan fingerprint density at radius 1 is 1.17 bits per heavy atom. The molecule has 3 saturated heterocycles. The highest BCUT2D eigenvalue weighted by molar-refractivity contribution is 8.02. The van der Waals surface area contributed by atoms with E-state index in [1.807, 2.05) is 51.1 Å². The van der Waals surface area contributed by atoms with Gasteiger partial charge in [-0.15, -0.1) is 11.8 Å². The van der Waals surface area contributed by atoms with E-state index < -0.39 is 28.7 Å². The summed E-state index contributed by atoms with van der Waals surface area (Å²) in [5.41, 5.74) is 0.985. The van der Waals surface area contributed by atoms with E-state index in [1.165, 1.54) is 0 Å². The van der Waals surface area contributed by atoms with Crippen molar-refractivity contribution in [2.24, 2.45) is 17.8 Å². The minimum atomic E-state index is -0.717. The number of nitrogens with zero attached hydrogens (tertiary/aromatic N) is 1. The number of aliphatic hydroxyl groups is 1. The smallest absolute Gasteiger partial charge is 0.244 e. The van der Waals surface area contributed by atoms with Crippen LogP contribution in [0.5, 0.6) is 0 Å². The molecule has 35 heavy (non-hydrogen) atoms. The van der Waals surface area contributed by atoms with Gasteiger partial charge < -0.3 is 20.6 Å². The minimum absolute atomic E-state index is 0.0220. The zero-order valence-corrected chi connectivity index (χ0v) is 22.1. The molecule has 3 aliphatic rings. The maximum Gasteiger partial charge on any atom is 0.244 e. The highest BCUT2D eigenvalue weighted by atomic mass is 32.2. The molecule has 0 radical (unpaired) electrons. The van der Waals surface area contributed by atoms with Gasteiger partial charge in [-0.1, -0.05) is 57.5 Å². The number of hydrogen-bond acceptors (Lipinski definition) is 5. The molecule has 4 rings (SSSR count). The molecule has 8 heteroatoms. The van der Waals surface area contributed by atoms with Gasteiger partial charge >= 0.3 is 0 Å². The fourth-order valence-electron chi connectivity index (χ4n) is 6.48. The van der Waals surface area contributed by atoms with Crippen molar-refractivity contribution in [3.05, 3.63) is 35.9 Å². The van der Waals surface area contributed by atoms with E-state index >= 15 is 0 Å². The van der Waals surface area contributed by atoms with Crippen molar-refractivity contribution >= 4 is 29.5 Å². The summed E-state index contributed by atoms with van der Waals surface area (Å²) in [6, 6.07) is 8.53. The number of rotatable bonds is 10. The number of likely N-dealkylation sites (tertiary alicyclic amines) is 1. The van der Waals surface area contributed by atoms with E-state index in [-0.39, 0.29) is 35.0 Å². The van der Waals surface area contributed by atoms with Crippen LogP contribution >= 0.6 is 11.8 Å². The standard InChI is InChI=1S/C27H39N3O4S/c1-5-14-28-23(32)20-21-25(34)30(19(16-31)17(3)6-2)22(27(21)13-12-26(20,4)35-27)24(33)29-15-18-10-8-7-9-11-18/h7-11,17,19-22,31H,5-6,12-16H2,1-4H3,(H,28,32)(H,29,33)/t17-,19-,20+,21-,22?,26-,27?/m0/s1. The average molecular weight is 502 g/mol. The van der Waals surface area contributed by atoms with E-state index in [9.17, 15) is 19.5 Å². The Labute approximate surface area is 212 Å². The molecule has 192 valence electrons. The summed E-state index contributed by atoms with van der Waals surface area (Å²) in [6.45, 7) is 8.86. The first-order valence-electron chi connectivity index (χ1n) is 13.0. The number of amides is 3. The summed E-state index contributed by atoms with van der Waals surface area (Å²) in [6.07, 6.45) is 3.09. The minimum Gasteiger partial charge on any atom is -0.394 e. The number of benzene rings is 1. The SMILES string of the molecule is CCCNC(=O)[C@H]1[C@H]2C(=O)N([C@@H](CO)[C@@H](C)CC)C(C(=O)NCc3ccccc3)C23CC[C@]1(C)S3. The third kappa shape index (κ3) is 4.26. The van der Waals surface area contributed by atoms with E-state index in [2.05, 4.69) is 17.6 Å². The first-order chi connectivity index (χ1) is 16.7. The molecular weight excluding hydrogens is 462 g/mol. The van der Waals surface area contributed by atoms with Gasteiger partial charge in [-0.05, 0) is 37.7 Å². The number of fused-ring (bicyclic) bond motifs is 1. The number of aliphatic hydroxyl groups excluding tert-OH is 1. The summed E-state index contributed by atoms with van der Waals surface area (Å²) in [7, 11) is 0. The van der Waals surface area contributed by atoms with Crippen molar-refractivity contribution in [1.82, 2.24) is 15.5 Å². The van der Waals surface area contributed by atoms with Crippen LogP contribution in [0.1, 0.15) is 58.9 Å². The van der Waals surface area contributed by atoms with Crippen LogP contribution in [-0.2, 0) is 20.9 Å². The monoisotopic (exact) mass is 501 g/mol. The highest BCUT2D eigenvalue weighted by Gasteiger charge is 2.77. The van der Waals surface area contributed by atoms with Crippen LogP contribution in [-0.4, -0.2) is 62.5 Å². The number of hydrogen-bond donors (Lipinski definition) is 3. The van der Waals surface area contributed by atoms with Crippen LogP contribution in [0.15, 0.2) is 30.3 Å². The lowest BCUT2D eigenvalue weighted by Gasteiger charge is -2.39. The van der Waals surface area contributed by atoms with Gasteiger partial charge in [0, 0.05) is 17.8 Å². The number of nitrogens with one attached hydrogen (secondary N) is 2. The van der Waals surface area contributed by atoms with Crippen LogP contribution < -0.4 is 10.6 Å². The largest absolute Gasteiger partial charge is 0.394 e. The van der Waals surface area contributed by atoms with Gasteiger partial charge in [0.15, 0.2) is 0 Å². The van der Waals surface area contributed by atoms with Crippen LogP contribution in [0, 0.1) is 17.8 Å². The molecular formula is C27H39N3O4S. The molecule has 3 N–H and O–H groups in total. The quantitative estimate of drug-likeness (QED) is 0.458. The third-order valence-electron chi connectivity index (χ3n) is 8.45. The summed E-state index contributed by atoms with van der Waals surface area (Å²) in [4.78, 5) is 43.1. The Kier molecular flexibility index (Phi) is 7.53. The van der Waals surface area contributed by atoms with Gasteiger partial charge in [-0.3, -0.25) is 14.4 Å². The molecule has 3 aliphatic heterocycles. The molecule has 2 unspecified atom stereocenters. The molecule has 0 aromatic heterocycles. The van der Waals surface area contributed by atoms with Crippen molar-refractivity contribution in [3.8, 4) is 0 Å². The van der Waals surface area contributed by atoms with E-state index in [1.54, 1.807) is 16.7 Å². The molecule has 3 fully saturated rings. The molecule has 1 spiro atoms. The first-order valence-corrected chi connectivity index (χ1v) is 13.8. The predicted molar refractivity (Wildman–Crippen MR) is 137 cm³/mol. The van der Waals surface area contributed by atoms with E-state index in [0.717, 1.165) is 24.8 Å². The molecule has 7 atom stereocenters. The second-order valence-electron chi connectivity index (χ2n) is 10.6. The maximum atomic E-state index is 14.2. The lowest BCUT2D eigenvalue weighted by Crippen LogP contribution is -2.57. The van der Waals surface area contributed by atoms with Crippen molar-refractivity contribution in [2.75, 3.05) is 13.2 Å². The van der Waals surface area contributed by atoms with Crippen LogP contribution in [0.3, 0.4) is 0 Å². The van der Waals surface area contributed by atoms with Gasteiger partial charge in [0.1, 0.15) is 6.04 Å². The number of carbonyl (C=O) groups is 3. The number of thioether (sulfide) groups is 1. The zero-order chi connectivity index (χ0) is 25.4. The van der Waals surface area contributed by atoms with Crippen molar-refractivity contribution in [1.29, 1.82) is 0 Å². The number of carbonyl (C=O) groups excluding carboxylic acids is 3. The van der Waals surface area contributed by atoms with Crippen molar-refractivity contribution in [3.63, 3.8) is 0 Å². The zero-order valence-electron chi connectivity index (χ0n) is 21.3. The fraction of sp³-hybridized carbons (Fsp3) is 0.667. The Hall–Kier alpha value is -2.06. The highest BCUT2D eigenvalue weighted by Crippen LogP contribution is 2.71. The van der Waals surface area contributed by atoms with Crippen LogP contribution in [0.25, 0.3) is 0 Å². The second kappa shape index (κ2) is 10.1. The van der Waals surface area contributed by atoms with E-state index in [0.29, 0.717) is 19.5 Å². The molecule has 3 amide bonds. The lowest BCUT2D eigenvalue weighted by atomic mass is 9.66. The van der Waals surface area contributed by atoms with Crippen molar-refractivity contribution < 1.29 is 19.5 Å². The van der Waals surface area contributed by atoms with Gasteiger partial charge in [0.2, 0.25) is 17.7 Å². The molecule has 2 bridgehead atoms. The molecule has 3 heterocycles. The van der Waals surface area contributed by atoms with Crippen LogP contribution in [0.2, 0.25) is 0 Å².